The number of carbonyl (C=O) groups is 2. The number of carbonyl (C=O) groups excluding carboxylic acids is 2. The molecule has 6 heteroatoms. The fraction of sp³-hybridized carbons (Fsp3) is 0.524. The van der Waals surface area contributed by atoms with E-state index in [9.17, 15) is 9.59 Å². The molecule has 2 saturated heterocycles. The molecule has 3 aliphatic rings. The molecule has 0 unspecified atom stereocenters. The number of ether oxygens (including phenoxy) is 2. The molecule has 2 atom stereocenters. The van der Waals surface area contributed by atoms with Crippen LogP contribution >= 0.6 is 0 Å². The lowest BCUT2D eigenvalue weighted by atomic mass is 9.92. The van der Waals surface area contributed by atoms with Crippen molar-refractivity contribution in [1.82, 2.24) is 9.80 Å². The maximum atomic E-state index is 13.1. The highest BCUT2D eigenvalue weighted by molar-refractivity contribution is 5.82. The minimum atomic E-state index is -0.254. The van der Waals surface area contributed by atoms with Gasteiger partial charge in [-0.1, -0.05) is 24.3 Å². The van der Waals surface area contributed by atoms with E-state index in [4.69, 9.17) is 9.47 Å². The molecule has 3 aliphatic heterocycles. The minimum Gasteiger partial charge on any atom is -0.350 e. The molecule has 0 spiro atoms. The number of benzene rings is 1. The Morgan fingerprint density at radius 2 is 1.96 bits per heavy atom. The highest BCUT2D eigenvalue weighted by Crippen LogP contribution is 2.34. The second-order valence-corrected chi connectivity index (χ2v) is 7.44. The number of likely N-dealkylation sites (tertiary alicyclic amines) is 1. The van der Waals surface area contributed by atoms with Gasteiger partial charge < -0.3 is 19.3 Å². The van der Waals surface area contributed by atoms with Gasteiger partial charge in [-0.05, 0) is 30.0 Å². The van der Waals surface area contributed by atoms with E-state index in [1.165, 1.54) is 0 Å². The minimum absolute atomic E-state index is 0.0529. The molecular weight excluding hydrogens is 344 g/mol. The largest absolute Gasteiger partial charge is 0.350 e. The molecule has 0 radical (unpaired) electrons. The van der Waals surface area contributed by atoms with Crippen LogP contribution in [0.4, 0.5) is 0 Å². The molecule has 0 aliphatic carbocycles. The fourth-order valence-corrected chi connectivity index (χ4v) is 4.32. The van der Waals surface area contributed by atoms with E-state index in [0.717, 1.165) is 30.5 Å². The summed E-state index contributed by atoms with van der Waals surface area (Å²) >= 11 is 0. The van der Waals surface area contributed by atoms with Crippen LogP contribution in [0.15, 0.2) is 30.5 Å². The third kappa shape index (κ3) is 3.77. The summed E-state index contributed by atoms with van der Waals surface area (Å²) in [7, 11) is 0. The van der Waals surface area contributed by atoms with Crippen LogP contribution in [0, 0.1) is 5.92 Å². The predicted octanol–water partition coefficient (Wildman–Crippen LogP) is 2.56. The van der Waals surface area contributed by atoms with E-state index in [-0.39, 0.29) is 30.1 Å². The highest BCUT2D eigenvalue weighted by Gasteiger charge is 2.35. The van der Waals surface area contributed by atoms with Crippen molar-refractivity contribution in [1.29, 1.82) is 0 Å². The molecule has 1 aromatic rings. The molecule has 0 aromatic heterocycles. The monoisotopic (exact) mass is 370 g/mol. The first-order valence-electron chi connectivity index (χ1n) is 9.70. The molecule has 4 rings (SSSR count). The normalized spacial score (nSPS) is 25.5. The van der Waals surface area contributed by atoms with Gasteiger partial charge in [-0.2, -0.15) is 0 Å². The van der Waals surface area contributed by atoms with Crippen molar-refractivity contribution in [3.05, 3.63) is 41.6 Å². The van der Waals surface area contributed by atoms with E-state index in [0.29, 0.717) is 26.2 Å². The molecule has 6 nitrogen and oxygen atoms in total. The van der Waals surface area contributed by atoms with E-state index in [1.54, 1.807) is 18.0 Å². The van der Waals surface area contributed by atoms with Gasteiger partial charge in [-0.25, -0.2) is 0 Å². The van der Waals surface area contributed by atoms with Gasteiger partial charge in [-0.3, -0.25) is 9.59 Å². The molecule has 27 heavy (non-hydrogen) atoms. The number of rotatable bonds is 3. The van der Waals surface area contributed by atoms with Gasteiger partial charge in [0.25, 0.3) is 0 Å². The predicted molar refractivity (Wildman–Crippen MR) is 100 cm³/mol. The number of hydrogen-bond donors (Lipinski definition) is 0. The van der Waals surface area contributed by atoms with Crippen molar-refractivity contribution in [2.24, 2.45) is 5.92 Å². The van der Waals surface area contributed by atoms with Crippen molar-refractivity contribution in [2.45, 2.75) is 38.5 Å². The van der Waals surface area contributed by atoms with Crippen molar-refractivity contribution in [3.63, 3.8) is 0 Å². The molecule has 144 valence electrons. The number of piperidine rings is 1. The summed E-state index contributed by atoms with van der Waals surface area (Å²) in [5.41, 5.74) is 2.09. The standard InChI is InChI=1S/C21H26N2O4/c1-15(24)23-10-8-16-5-2-3-7-18(16)19(23)13-20(25)22-9-4-6-17(14-22)21-26-11-12-27-21/h2-3,5,7-8,10,17,19,21H,4,6,9,11-14H2,1H3/t17-,19-/m0/s1. The summed E-state index contributed by atoms with van der Waals surface area (Å²) in [6.07, 6.45) is 5.80. The maximum Gasteiger partial charge on any atom is 0.225 e. The Hall–Kier alpha value is -2.18. The molecule has 2 fully saturated rings. The zero-order chi connectivity index (χ0) is 18.8. The van der Waals surface area contributed by atoms with Crippen LogP contribution in [-0.2, 0) is 19.1 Å². The van der Waals surface area contributed by atoms with Gasteiger partial charge in [0, 0.05) is 32.1 Å². The summed E-state index contributed by atoms with van der Waals surface area (Å²) in [6, 6.07) is 7.70. The first-order valence-corrected chi connectivity index (χ1v) is 9.70. The summed E-state index contributed by atoms with van der Waals surface area (Å²) < 4.78 is 11.3. The number of nitrogens with zero attached hydrogens (tertiary/aromatic N) is 2. The van der Waals surface area contributed by atoms with Crippen molar-refractivity contribution < 1.29 is 19.1 Å². The second kappa shape index (κ2) is 7.82. The lowest BCUT2D eigenvalue weighted by Crippen LogP contribution is -2.45. The Labute approximate surface area is 159 Å². The summed E-state index contributed by atoms with van der Waals surface area (Å²) in [6.45, 7) is 4.23. The average molecular weight is 370 g/mol. The highest BCUT2D eigenvalue weighted by atomic mass is 16.7. The number of hydrogen-bond acceptors (Lipinski definition) is 4. The van der Waals surface area contributed by atoms with Gasteiger partial charge in [0.2, 0.25) is 11.8 Å². The van der Waals surface area contributed by atoms with Crippen LogP contribution in [0.5, 0.6) is 0 Å². The van der Waals surface area contributed by atoms with E-state index < -0.39 is 0 Å². The van der Waals surface area contributed by atoms with E-state index >= 15 is 0 Å². The summed E-state index contributed by atoms with van der Waals surface area (Å²) in [4.78, 5) is 28.8. The Morgan fingerprint density at radius 1 is 1.19 bits per heavy atom. The quantitative estimate of drug-likeness (QED) is 0.821. The zero-order valence-electron chi connectivity index (χ0n) is 15.7. The lowest BCUT2D eigenvalue weighted by Gasteiger charge is -2.37. The Bertz CT molecular complexity index is 741. The van der Waals surface area contributed by atoms with Crippen molar-refractivity contribution >= 4 is 17.9 Å². The third-order valence-corrected chi connectivity index (χ3v) is 5.68. The molecule has 1 aromatic carbocycles. The van der Waals surface area contributed by atoms with Crippen LogP contribution in [0.25, 0.3) is 6.08 Å². The summed E-state index contributed by atoms with van der Waals surface area (Å²) in [5, 5.41) is 0. The molecule has 0 saturated carbocycles. The van der Waals surface area contributed by atoms with Gasteiger partial charge in [0.15, 0.2) is 6.29 Å². The van der Waals surface area contributed by atoms with Gasteiger partial charge in [-0.15, -0.1) is 0 Å². The molecular formula is C21H26N2O4. The summed E-state index contributed by atoms with van der Waals surface area (Å²) in [5.74, 6) is 0.259. The second-order valence-electron chi connectivity index (χ2n) is 7.44. The molecule has 2 amide bonds. The lowest BCUT2D eigenvalue weighted by molar-refractivity contribution is -0.141. The topological polar surface area (TPSA) is 59.1 Å². The van der Waals surface area contributed by atoms with Crippen LogP contribution in [0.3, 0.4) is 0 Å². The number of fused-ring (bicyclic) bond motifs is 1. The molecule has 3 heterocycles. The average Bonchev–Trinajstić information content (AvgIpc) is 3.23. The SMILES string of the molecule is CC(=O)N1C=Cc2ccccc2[C@@H]1CC(=O)N1CCC[C@H](C2OCCO2)C1. The first-order chi connectivity index (χ1) is 13.1. The molecule has 0 bridgehead atoms. The van der Waals surface area contributed by atoms with Crippen molar-refractivity contribution in [2.75, 3.05) is 26.3 Å². The van der Waals surface area contributed by atoms with Gasteiger partial charge >= 0.3 is 0 Å². The van der Waals surface area contributed by atoms with E-state index in [2.05, 4.69) is 0 Å². The first kappa shape index (κ1) is 18.2. The number of amides is 2. The fourth-order valence-electron chi connectivity index (χ4n) is 4.32. The zero-order valence-corrected chi connectivity index (χ0v) is 15.7. The van der Waals surface area contributed by atoms with Crippen LogP contribution in [0.1, 0.15) is 43.4 Å². The van der Waals surface area contributed by atoms with Crippen LogP contribution < -0.4 is 0 Å². The maximum absolute atomic E-state index is 13.1. The Kier molecular flexibility index (Phi) is 5.27. The smallest absolute Gasteiger partial charge is 0.225 e. The third-order valence-electron chi connectivity index (χ3n) is 5.68. The van der Waals surface area contributed by atoms with Gasteiger partial charge in [0.1, 0.15) is 0 Å². The van der Waals surface area contributed by atoms with Crippen molar-refractivity contribution in [3.8, 4) is 0 Å². The van der Waals surface area contributed by atoms with E-state index in [1.807, 2.05) is 35.2 Å². The van der Waals surface area contributed by atoms with Gasteiger partial charge in [0.05, 0.1) is 25.7 Å². The van der Waals surface area contributed by atoms with Crippen LogP contribution in [0.2, 0.25) is 0 Å². The van der Waals surface area contributed by atoms with Crippen LogP contribution in [-0.4, -0.2) is 54.2 Å². The Balaban J connectivity index is 1.48. The molecule has 0 N–H and O–H groups in total. The Morgan fingerprint density at radius 3 is 2.74 bits per heavy atom.